The molecule has 2 aromatic rings. The predicted octanol–water partition coefficient (Wildman–Crippen LogP) is 2.40. The van der Waals surface area contributed by atoms with E-state index in [2.05, 4.69) is 42.9 Å². The minimum absolute atomic E-state index is 0.628. The van der Waals surface area contributed by atoms with Gasteiger partial charge < -0.3 is 5.32 Å². The molecule has 4 nitrogen and oxygen atoms in total. The molecule has 16 heavy (non-hydrogen) atoms. The summed E-state index contributed by atoms with van der Waals surface area (Å²) >= 11 is 2.18. The first-order valence-electron chi connectivity index (χ1n) is 4.88. The van der Waals surface area contributed by atoms with Gasteiger partial charge in [0, 0.05) is 21.7 Å². The Balaban J connectivity index is 1.99. The minimum Gasteiger partial charge on any atom is -0.349 e. The van der Waals surface area contributed by atoms with Gasteiger partial charge in [0.2, 0.25) is 5.95 Å². The third-order valence-corrected chi connectivity index (χ3v) is 2.55. The molecule has 0 amide bonds. The molecular weight excluding hydrogens is 315 g/mol. The average Bonchev–Trinajstić information content (AvgIpc) is 2.28. The Morgan fingerprint density at radius 3 is 2.69 bits per heavy atom. The van der Waals surface area contributed by atoms with Crippen molar-refractivity contribution in [1.29, 1.82) is 0 Å². The second kappa shape index (κ2) is 5.20. The van der Waals surface area contributed by atoms with E-state index in [1.54, 1.807) is 12.4 Å². The number of nitrogens with zero attached hydrogens (tertiary/aromatic N) is 3. The molecule has 0 aliphatic heterocycles. The molecule has 0 aliphatic rings. The van der Waals surface area contributed by atoms with Crippen molar-refractivity contribution in [2.75, 3.05) is 5.32 Å². The van der Waals surface area contributed by atoms with Crippen molar-refractivity contribution in [2.45, 2.75) is 13.5 Å². The molecule has 0 fully saturated rings. The van der Waals surface area contributed by atoms with Crippen LogP contribution < -0.4 is 5.32 Å². The maximum Gasteiger partial charge on any atom is 0.222 e. The SMILES string of the molecule is Cc1cccc(CNc2ncc(I)cn2)n1. The zero-order valence-electron chi connectivity index (χ0n) is 8.81. The first kappa shape index (κ1) is 11.3. The number of pyridine rings is 1. The highest BCUT2D eigenvalue weighted by Gasteiger charge is 1.97. The highest BCUT2D eigenvalue weighted by Crippen LogP contribution is 2.05. The Morgan fingerprint density at radius 2 is 2.00 bits per heavy atom. The topological polar surface area (TPSA) is 50.7 Å². The Morgan fingerprint density at radius 1 is 1.25 bits per heavy atom. The second-order valence-corrected chi connectivity index (χ2v) is 4.59. The molecule has 2 rings (SSSR count). The van der Waals surface area contributed by atoms with Gasteiger partial charge in [-0.25, -0.2) is 9.97 Å². The van der Waals surface area contributed by atoms with Gasteiger partial charge in [0.1, 0.15) is 0 Å². The van der Waals surface area contributed by atoms with Crippen LogP contribution in [0.3, 0.4) is 0 Å². The molecule has 0 aliphatic carbocycles. The summed E-state index contributed by atoms with van der Waals surface area (Å²) in [7, 11) is 0. The molecule has 0 bridgehead atoms. The van der Waals surface area contributed by atoms with Crippen molar-refractivity contribution in [2.24, 2.45) is 0 Å². The zero-order valence-corrected chi connectivity index (χ0v) is 11.0. The molecule has 82 valence electrons. The van der Waals surface area contributed by atoms with E-state index in [1.807, 2.05) is 25.1 Å². The van der Waals surface area contributed by atoms with Gasteiger partial charge in [-0.2, -0.15) is 0 Å². The number of hydrogen-bond acceptors (Lipinski definition) is 4. The number of nitrogens with one attached hydrogen (secondary N) is 1. The summed E-state index contributed by atoms with van der Waals surface area (Å²) in [6, 6.07) is 5.95. The smallest absolute Gasteiger partial charge is 0.222 e. The lowest BCUT2D eigenvalue weighted by Gasteiger charge is -2.04. The van der Waals surface area contributed by atoms with E-state index in [0.29, 0.717) is 12.5 Å². The van der Waals surface area contributed by atoms with Crippen LogP contribution in [0.4, 0.5) is 5.95 Å². The summed E-state index contributed by atoms with van der Waals surface area (Å²) in [4.78, 5) is 12.7. The Bertz CT molecular complexity index is 470. The summed E-state index contributed by atoms with van der Waals surface area (Å²) < 4.78 is 1.02. The highest BCUT2D eigenvalue weighted by molar-refractivity contribution is 14.1. The Kier molecular flexibility index (Phi) is 3.66. The lowest BCUT2D eigenvalue weighted by Crippen LogP contribution is -2.05. The first-order chi connectivity index (χ1) is 7.74. The van der Waals surface area contributed by atoms with Crippen molar-refractivity contribution >= 4 is 28.5 Å². The molecule has 2 aromatic heterocycles. The van der Waals surface area contributed by atoms with Crippen LogP contribution in [0.15, 0.2) is 30.6 Å². The average molecular weight is 326 g/mol. The fourth-order valence-electron chi connectivity index (χ4n) is 1.27. The molecule has 5 heteroatoms. The van der Waals surface area contributed by atoms with Crippen LogP contribution in [0.2, 0.25) is 0 Å². The second-order valence-electron chi connectivity index (χ2n) is 3.35. The largest absolute Gasteiger partial charge is 0.349 e. The summed E-state index contributed by atoms with van der Waals surface area (Å²) in [5, 5.41) is 3.13. The molecule has 0 spiro atoms. The number of aromatic nitrogens is 3. The van der Waals surface area contributed by atoms with Gasteiger partial charge in [-0.15, -0.1) is 0 Å². The van der Waals surface area contributed by atoms with Crippen LogP contribution in [-0.4, -0.2) is 15.0 Å². The van der Waals surface area contributed by atoms with Gasteiger partial charge in [0.25, 0.3) is 0 Å². The highest BCUT2D eigenvalue weighted by atomic mass is 127. The molecule has 2 heterocycles. The quantitative estimate of drug-likeness (QED) is 0.880. The molecule has 1 N–H and O–H groups in total. The van der Waals surface area contributed by atoms with E-state index in [4.69, 9.17) is 0 Å². The van der Waals surface area contributed by atoms with E-state index in [9.17, 15) is 0 Å². The summed E-state index contributed by atoms with van der Waals surface area (Å²) in [6.07, 6.45) is 3.55. The number of aryl methyl sites for hydroxylation is 1. The molecule has 0 saturated heterocycles. The van der Waals surface area contributed by atoms with E-state index >= 15 is 0 Å². The fraction of sp³-hybridized carbons (Fsp3) is 0.182. The standard InChI is InChI=1S/C11H11IN4/c1-8-3-2-4-10(16-8)7-15-11-13-5-9(12)6-14-11/h2-6H,7H2,1H3,(H,13,14,15). The summed E-state index contributed by atoms with van der Waals surface area (Å²) in [6.45, 7) is 2.62. The van der Waals surface area contributed by atoms with Gasteiger partial charge in [-0.3, -0.25) is 4.98 Å². The van der Waals surface area contributed by atoms with Crippen LogP contribution in [0, 0.1) is 10.5 Å². The molecule has 0 saturated carbocycles. The molecule has 0 radical (unpaired) electrons. The number of halogens is 1. The van der Waals surface area contributed by atoms with Crippen molar-refractivity contribution in [3.63, 3.8) is 0 Å². The van der Waals surface area contributed by atoms with Crippen LogP contribution in [0.5, 0.6) is 0 Å². The van der Waals surface area contributed by atoms with Crippen LogP contribution in [-0.2, 0) is 6.54 Å². The number of anilines is 1. The molecule has 0 atom stereocenters. The molecule has 0 unspecified atom stereocenters. The number of hydrogen-bond donors (Lipinski definition) is 1. The monoisotopic (exact) mass is 326 g/mol. The predicted molar refractivity (Wildman–Crippen MR) is 71.0 cm³/mol. The van der Waals surface area contributed by atoms with Crippen molar-refractivity contribution < 1.29 is 0 Å². The fourth-order valence-corrected chi connectivity index (χ4v) is 1.55. The molecule has 0 aromatic carbocycles. The number of rotatable bonds is 3. The maximum absolute atomic E-state index is 4.39. The van der Waals surface area contributed by atoms with Crippen molar-refractivity contribution in [3.05, 3.63) is 45.6 Å². The van der Waals surface area contributed by atoms with E-state index in [-0.39, 0.29) is 0 Å². The van der Waals surface area contributed by atoms with Gasteiger partial charge in [-0.05, 0) is 41.6 Å². The van der Waals surface area contributed by atoms with E-state index in [0.717, 1.165) is 15.0 Å². The van der Waals surface area contributed by atoms with E-state index in [1.165, 1.54) is 0 Å². The summed E-state index contributed by atoms with van der Waals surface area (Å²) in [5.74, 6) is 0.628. The van der Waals surface area contributed by atoms with Crippen LogP contribution in [0.1, 0.15) is 11.4 Å². The lowest BCUT2D eigenvalue weighted by atomic mass is 10.3. The lowest BCUT2D eigenvalue weighted by molar-refractivity contribution is 0.981. The van der Waals surface area contributed by atoms with Crippen LogP contribution >= 0.6 is 22.6 Å². The zero-order chi connectivity index (χ0) is 11.4. The third kappa shape index (κ3) is 3.13. The third-order valence-electron chi connectivity index (χ3n) is 1.99. The Labute approximate surface area is 108 Å². The molecular formula is C11H11IN4. The Hall–Kier alpha value is -1.24. The van der Waals surface area contributed by atoms with Gasteiger partial charge >= 0.3 is 0 Å². The minimum atomic E-state index is 0.628. The van der Waals surface area contributed by atoms with Crippen LogP contribution in [0.25, 0.3) is 0 Å². The van der Waals surface area contributed by atoms with Crippen molar-refractivity contribution in [3.8, 4) is 0 Å². The van der Waals surface area contributed by atoms with Crippen molar-refractivity contribution in [1.82, 2.24) is 15.0 Å². The van der Waals surface area contributed by atoms with Gasteiger partial charge in [0.05, 0.1) is 12.2 Å². The van der Waals surface area contributed by atoms with E-state index < -0.39 is 0 Å². The van der Waals surface area contributed by atoms with Gasteiger partial charge in [-0.1, -0.05) is 6.07 Å². The maximum atomic E-state index is 4.39. The first-order valence-corrected chi connectivity index (χ1v) is 5.96. The summed E-state index contributed by atoms with van der Waals surface area (Å²) in [5.41, 5.74) is 2.00. The van der Waals surface area contributed by atoms with Gasteiger partial charge in [0.15, 0.2) is 0 Å². The normalized spacial score (nSPS) is 10.1.